The van der Waals surface area contributed by atoms with Crippen LogP contribution in [0.2, 0.25) is 15.2 Å². The molecule has 0 atom stereocenters. The maximum atomic E-state index is 9.41. The molecular formula is C12H12Cl3NO2. The summed E-state index contributed by atoms with van der Waals surface area (Å²) in [4.78, 5) is 0. The second-order valence-corrected chi connectivity index (χ2v) is 5.03. The number of nitrogens with zero attached hydrogens (tertiary/aromatic N) is 1. The minimum absolute atomic E-state index is 0.146. The van der Waals surface area contributed by atoms with Crippen LogP contribution < -0.4 is 0 Å². The highest BCUT2D eigenvalue weighted by molar-refractivity contribution is 6.43. The third kappa shape index (κ3) is 2.33. The Morgan fingerprint density at radius 1 is 1.22 bits per heavy atom. The summed E-state index contributed by atoms with van der Waals surface area (Å²) < 4.78 is 6.90. The summed E-state index contributed by atoms with van der Waals surface area (Å²) in [7, 11) is 1.62. The topological polar surface area (TPSA) is 34.4 Å². The quantitative estimate of drug-likeness (QED) is 0.933. The second kappa shape index (κ2) is 5.68. The molecule has 1 heterocycles. The number of halogens is 3. The fourth-order valence-corrected chi connectivity index (χ4v) is 2.59. The van der Waals surface area contributed by atoms with E-state index in [0.717, 1.165) is 10.9 Å². The number of rotatable bonds is 4. The van der Waals surface area contributed by atoms with Gasteiger partial charge in [0.2, 0.25) is 0 Å². The Labute approximate surface area is 120 Å². The summed E-state index contributed by atoms with van der Waals surface area (Å²) in [5, 5.41) is 11.6. The number of hydrogen-bond acceptors (Lipinski definition) is 2. The summed E-state index contributed by atoms with van der Waals surface area (Å²) >= 11 is 18.3. The van der Waals surface area contributed by atoms with E-state index < -0.39 is 0 Å². The Bertz CT molecular complexity index is 580. The molecule has 0 aliphatic heterocycles. The van der Waals surface area contributed by atoms with Crippen molar-refractivity contribution in [3.05, 3.63) is 32.9 Å². The monoisotopic (exact) mass is 307 g/mol. The summed E-state index contributed by atoms with van der Waals surface area (Å²) in [6.07, 6.45) is 0. The summed E-state index contributed by atoms with van der Waals surface area (Å²) in [6.45, 7) is 0.964. The van der Waals surface area contributed by atoms with Gasteiger partial charge in [0.15, 0.2) is 0 Å². The predicted octanol–water partition coefficient (Wildman–Crippen LogP) is 3.74. The maximum absolute atomic E-state index is 9.41. The van der Waals surface area contributed by atoms with Crippen LogP contribution in [-0.4, -0.2) is 23.4 Å². The van der Waals surface area contributed by atoms with E-state index in [9.17, 15) is 5.11 Å². The lowest BCUT2D eigenvalue weighted by Gasteiger charge is -2.06. The van der Waals surface area contributed by atoms with Crippen molar-refractivity contribution in [1.29, 1.82) is 0 Å². The Morgan fingerprint density at radius 3 is 2.50 bits per heavy atom. The van der Waals surface area contributed by atoms with Gasteiger partial charge in [-0.2, -0.15) is 0 Å². The van der Waals surface area contributed by atoms with Crippen LogP contribution in [0.25, 0.3) is 10.9 Å². The Morgan fingerprint density at radius 2 is 1.89 bits per heavy atom. The van der Waals surface area contributed by atoms with Crippen molar-refractivity contribution in [3.63, 3.8) is 0 Å². The Hall–Kier alpha value is -0.450. The molecular weight excluding hydrogens is 296 g/mol. The van der Waals surface area contributed by atoms with Crippen LogP contribution in [0.5, 0.6) is 0 Å². The fraction of sp³-hybridized carbons (Fsp3) is 0.333. The highest BCUT2D eigenvalue weighted by atomic mass is 35.5. The zero-order valence-corrected chi connectivity index (χ0v) is 12.0. The van der Waals surface area contributed by atoms with E-state index >= 15 is 0 Å². The van der Waals surface area contributed by atoms with E-state index in [2.05, 4.69) is 0 Å². The van der Waals surface area contributed by atoms with Gasteiger partial charge in [-0.25, -0.2) is 0 Å². The van der Waals surface area contributed by atoms with E-state index in [0.29, 0.717) is 33.9 Å². The highest BCUT2D eigenvalue weighted by Crippen LogP contribution is 2.35. The number of hydrogen-bond donors (Lipinski definition) is 1. The molecule has 0 amide bonds. The van der Waals surface area contributed by atoms with Gasteiger partial charge in [0.05, 0.1) is 28.8 Å². The molecule has 2 aromatic rings. The lowest BCUT2D eigenvalue weighted by Crippen LogP contribution is -2.04. The van der Waals surface area contributed by atoms with Gasteiger partial charge in [-0.05, 0) is 12.1 Å². The molecule has 0 unspecified atom stereocenters. The molecule has 1 N–H and O–H groups in total. The highest BCUT2D eigenvalue weighted by Gasteiger charge is 2.16. The molecule has 0 radical (unpaired) electrons. The first-order chi connectivity index (χ1) is 8.60. The van der Waals surface area contributed by atoms with Gasteiger partial charge in [-0.3, -0.25) is 0 Å². The zero-order valence-electron chi connectivity index (χ0n) is 9.71. The molecule has 0 aliphatic carbocycles. The predicted molar refractivity (Wildman–Crippen MR) is 74.8 cm³/mol. The molecule has 0 saturated carbocycles. The largest absolute Gasteiger partial charge is 0.392 e. The summed E-state index contributed by atoms with van der Waals surface area (Å²) in [5.41, 5.74) is 1.50. The van der Waals surface area contributed by atoms with Crippen molar-refractivity contribution < 1.29 is 9.84 Å². The first-order valence-corrected chi connectivity index (χ1v) is 6.49. The third-order valence-electron chi connectivity index (χ3n) is 2.82. The first-order valence-electron chi connectivity index (χ1n) is 5.35. The lowest BCUT2D eigenvalue weighted by atomic mass is 10.2. The maximum Gasteiger partial charge on any atom is 0.115 e. The zero-order chi connectivity index (χ0) is 13.3. The molecule has 0 fully saturated rings. The molecule has 2 rings (SSSR count). The van der Waals surface area contributed by atoms with Crippen molar-refractivity contribution in [2.75, 3.05) is 13.7 Å². The third-order valence-corrected chi connectivity index (χ3v) is 3.97. The van der Waals surface area contributed by atoms with E-state index in [-0.39, 0.29) is 6.61 Å². The van der Waals surface area contributed by atoms with Gasteiger partial charge in [-0.15, -0.1) is 0 Å². The summed E-state index contributed by atoms with van der Waals surface area (Å²) in [6, 6.07) is 3.47. The van der Waals surface area contributed by atoms with Crippen molar-refractivity contribution in [3.8, 4) is 0 Å². The minimum atomic E-state index is -0.146. The minimum Gasteiger partial charge on any atom is -0.392 e. The smallest absolute Gasteiger partial charge is 0.115 e. The van der Waals surface area contributed by atoms with Gasteiger partial charge in [0.25, 0.3) is 0 Å². The van der Waals surface area contributed by atoms with Crippen molar-refractivity contribution in [1.82, 2.24) is 4.57 Å². The van der Waals surface area contributed by atoms with E-state index in [1.165, 1.54) is 0 Å². The lowest BCUT2D eigenvalue weighted by molar-refractivity contribution is 0.188. The first kappa shape index (κ1) is 14.0. The van der Waals surface area contributed by atoms with Crippen LogP contribution in [0, 0.1) is 0 Å². The Kier molecular flexibility index (Phi) is 4.41. The molecule has 6 heteroatoms. The van der Waals surface area contributed by atoms with E-state index in [1.807, 2.05) is 4.57 Å². The van der Waals surface area contributed by atoms with Crippen LogP contribution in [0.4, 0.5) is 0 Å². The fourth-order valence-electron chi connectivity index (χ4n) is 1.93. The molecule has 18 heavy (non-hydrogen) atoms. The van der Waals surface area contributed by atoms with Gasteiger partial charge in [-0.1, -0.05) is 34.8 Å². The van der Waals surface area contributed by atoms with Crippen LogP contribution in [0.3, 0.4) is 0 Å². The number of benzene rings is 1. The van der Waals surface area contributed by atoms with Crippen LogP contribution in [0.15, 0.2) is 12.1 Å². The van der Waals surface area contributed by atoms with Crippen molar-refractivity contribution in [2.24, 2.45) is 0 Å². The average molecular weight is 309 g/mol. The van der Waals surface area contributed by atoms with Crippen LogP contribution in [-0.2, 0) is 17.9 Å². The molecule has 0 bridgehead atoms. The molecule has 3 nitrogen and oxygen atoms in total. The molecule has 0 spiro atoms. The Balaban J connectivity index is 2.68. The number of methoxy groups -OCH3 is 1. The number of aliphatic hydroxyl groups excluding tert-OH is 1. The number of aliphatic hydroxyl groups is 1. The standard InChI is InChI=1S/C12H12Cl3NO2/c1-18-3-2-16-11-5-10(14)9(13)4-7(11)8(6-17)12(16)15/h4-5,17H,2-3,6H2,1H3. The van der Waals surface area contributed by atoms with Crippen molar-refractivity contribution >= 4 is 45.7 Å². The number of aromatic nitrogens is 1. The molecule has 98 valence electrons. The van der Waals surface area contributed by atoms with Gasteiger partial charge in [0, 0.05) is 24.6 Å². The molecule has 0 aliphatic rings. The molecule has 1 aromatic heterocycles. The SMILES string of the molecule is COCCn1c(Cl)c(CO)c2cc(Cl)c(Cl)cc21. The van der Waals surface area contributed by atoms with Gasteiger partial charge in [0.1, 0.15) is 5.15 Å². The number of fused-ring (bicyclic) bond motifs is 1. The average Bonchev–Trinajstić information content (AvgIpc) is 2.59. The molecule has 0 saturated heterocycles. The van der Waals surface area contributed by atoms with Gasteiger partial charge < -0.3 is 14.4 Å². The van der Waals surface area contributed by atoms with Gasteiger partial charge >= 0.3 is 0 Å². The second-order valence-electron chi connectivity index (χ2n) is 3.86. The van der Waals surface area contributed by atoms with Crippen molar-refractivity contribution in [2.45, 2.75) is 13.2 Å². The molecule has 1 aromatic carbocycles. The summed E-state index contributed by atoms with van der Waals surface area (Å²) in [5.74, 6) is 0. The normalized spacial score (nSPS) is 11.4. The van der Waals surface area contributed by atoms with E-state index in [1.54, 1.807) is 19.2 Å². The van der Waals surface area contributed by atoms with Crippen LogP contribution in [0.1, 0.15) is 5.56 Å². The number of ether oxygens (including phenoxy) is 1. The van der Waals surface area contributed by atoms with Crippen LogP contribution >= 0.6 is 34.8 Å². The van der Waals surface area contributed by atoms with E-state index in [4.69, 9.17) is 39.5 Å².